The van der Waals surface area contributed by atoms with Crippen molar-refractivity contribution in [3.05, 3.63) is 47.4 Å². The third-order valence-corrected chi connectivity index (χ3v) is 5.72. The predicted octanol–water partition coefficient (Wildman–Crippen LogP) is 3.86. The highest BCUT2D eigenvalue weighted by Crippen LogP contribution is 2.34. The van der Waals surface area contributed by atoms with Crippen molar-refractivity contribution in [3.8, 4) is 11.4 Å². The molecule has 0 amide bonds. The summed E-state index contributed by atoms with van der Waals surface area (Å²) >= 11 is 6.18. The zero-order chi connectivity index (χ0) is 18.4. The molecule has 0 unspecified atom stereocenters. The van der Waals surface area contributed by atoms with Gasteiger partial charge in [0, 0.05) is 12.4 Å². The van der Waals surface area contributed by atoms with E-state index in [4.69, 9.17) is 11.6 Å². The van der Waals surface area contributed by atoms with Gasteiger partial charge in [-0.3, -0.25) is 9.38 Å². The van der Waals surface area contributed by atoms with E-state index in [0.29, 0.717) is 0 Å². The predicted molar refractivity (Wildman–Crippen MR) is 86.2 cm³/mol. The van der Waals surface area contributed by atoms with Crippen molar-refractivity contribution >= 4 is 27.1 Å². The van der Waals surface area contributed by atoms with Gasteiger partial charge in [0.1, 0.15) is 22.2 Å². The summed E-state index contributed by atoms with van der Waals surface area (Å²) in [5.74, 6) is -0.158. The maximum absolute atomic E-state index is 12.9. The van der Waals surface area contributed by atoms with E-state index in [2.05, 4.69) is 9.97 Å². The Hall–Kier alpha value is -2.13. The quantitative estimate of drug-likeness (QED) is 0.682. The van der Waals surface area contributed by atoms with Gasteiger partial charge in [-0.2, -0.15) is 13.2 Å². The molecule has 25 heavy (non-hydrogen) atoms. The van der Waals surface area contributed by atoms with E-state index in [-0.39, 0.29) is 32.8 Å². The molecule has 0 saturated heterocycles. The third kappa shape index (κ3) is 3.09. The van der Waals surface area contributed by atoms with Crippen molar-refractivity contribution in [2.45, 2.75) is 18.0 Å². The molecule has 0 atom stereocenters. The molecule has 0 bridgehead atoms. The van der Waals surface area contributed by atoms with Gasteiger partial charge in [-0.1, -0.05) is 18.5 Å². The van der Waals surface area contributed by atoms with Crippen LogP contribution in [0.3, 0.4) is 0 Å². The highest BCUT2D eigenvalue weighted by molar-refractivity contribution is 7.91. The molecule has 0 aromatic carbocycles. The SMILES string of the molecule is CCS(=O)(=O)c1cccnc1-c1nc2ccc(C(F)(F)F)cn2c1Cl. The van der Waals surface area contributed by atoms with Crippen LogP contribution < -0.4 is 0 Å². The summed E-state index contributed by atoms with van der Waals surface area (Å²) in [5.41, 5.74) is -0.730. The van der Waals surface area contributed by atoms with Gasteiger partial charge in [-0.25, -0.2) is 13.4 Å². The van der Waals surface area contributed by atoms with Crippen LogP contribution in [0.2, 0.25) is 5.15 Å². The normalized spacial score (nSPS) is 12.7. The second-order valence-electron chi connectivity index (χ2n) is 5.15. The Bertz CT molecular complexity index is 1060. The molecule has 3 aromatic rings. The number of sulfone groups is 1. The third-order valence-electron chi connectivity index (χ3n) is 3.60. The number of hydrogen-bond acceptors (Lipinski definition) is 4. The molecule has 0 aliphatic heterocycles. The molecule has 3 aromatic heterocycles. The molecule has 0 radical (unpaired) electrons. The molecule has 5 nitrogen and oxygen atoms in total. The second kappa shape index (κ2) is 5.99. The number of aromatic nitrogens is 3. The first-order chi connectivity index (χ1) is 11.6. The van der Waals surface area contributed by atoms with E-state index in [9.17, 15) is 21.6 Å². The average Bonchev–Trinajstić information content (AvgIpc) is 2.90. The first-order valence-corrected chi connectivity index (χ1v) is 9.11. The number of imidazole rings is 1. The lowest BCUT2D eigenvalue weighted by Gasteiger charge is -2.07. The molecular formula is C15H11ClF3N3O2S. The molecule has 0 fully saturated rings. The minimum absolute atomic E-state index is 0.00612. The summed E-state index contributed by atoms with van der Waals surface area (Å²) in [5, 5.41) is -0.146. The fraction of sp³-hybridized carbons (Fsp3) is 0.200. The first kappa shape index (κ1) is 17.7. The van der Waals surface area contributed by atoms with E-state index in [1.54, 1.807) is 0 Å². The fourth-order valence-electron chi connectivity index (χ4n) is 2.31. The lowest BCUT2D eigenvalue weighted by atomic mass is 10.3. The van der Waals surface area contributed by atoms with Gasteiger partial charge in [0.25, 0.3) is 0 Å². The lowest BCUT2D eigenvalue weighted by molar-refractivity contribution is -0.137. The number of alkyl halides is 3. The van der Waals surface area contributed by atoms with Crippen LogP contribution >= 0.6 is 11.6 Å². The number of halogens is 4. The highest BCUT2D eigenvalue weighted by Gasteiger charge is 2.31. The van der Waals surface area contributed by atoms with Crippen molar-refractivity contribution in [2.24, 2.45) is 0 Å². The van der Waals surface area contributed by atoms with Crippen LogP contribution in [0.1, 0.15) is 12.5 Å². The van der Waals surface area contributed by atoms with E-state index in [1.165, 1.54) is 25.3 Å². The average molecular weight is 390 g/mol. The first-order valence-electron chi connectivity index (χ1n) is 7.08. The summed E-state index contributed by atoms with van der Waals surface area (Å²) in [4.78, 5) is 8.11. The molecule has 0 aliphatic rings. The van der Waals surface area contributed by atoms with E-state index in [1.807, 2.05) is 0 Å². The van der Waals surface area contributed by atoms with Gasteiger partial charge < -0.3 is 0 Å². The largest absolute Gasteiger partial charge is 0.417 e. The number of pyridine rings is 2. The minimum Gasteiger partial charge on any atom is -0.289 e. The maximum Gasteiger partial charge on any atom is 0.417 e. The van der Waals surface area contributed by atoms with Crippen molar-refractivity contribution in [3.63, 3.8) is 0 Å². The Morgan fingerprint density at radius 1 is 1.20 bits per heavy atom. The zero-order valence-electron chi connectivity index (χ0n) is 12.7. The summed E-state index contributed by atoms with van der Waals surface area (Å²) in [6.07, 6.45) is -2.36. The van der Waals surface area contributed by atoms with Gasteiger partial charge >= 0.3 is 6.18 Å². The molecule has 3 rings (SSSR count). The molecule has 0 saturated carbocycles. The smallest absolute Gasteiger partial charge is 0.289 e. The van der Waals surface area contributed by atoms with E-state index in [0.717, 1.165) is 22.7 Å². The standard InChI is InChI=1S/C15H11ClF3N3O2S/c1-2-25(23,24)10-4-3-7-20-12(10)13-14(16)22-8-9(15(17,18)19)5-6-11(22)21-13/h3-8H,2H2,1H3. The molecule has 0 spiro atoms. The van der Waals surface area contributed by atoms with Crippen LogP contribution in [-0.2, 0) is 16.0 Å². The van der Waals surface area contributed by atoms with Crippen LogP contribution in [0, 0.1) is 0 Å². The van der Waals surface area contributed by atoms with Gasteiger partial charge in [0.05, 0.1) is 16.2 Å². The van der Waals surface area contributed by atoms with Crippen LogP contribution in [0.25, 0.3) is 17.0 Å². The van der Waals surface area contributed by atoms with E-state index >= 15 is 0 Å². The van der Waals surface area contributed by atoms with Crippen LogP contribution in [-0.4, -0.2) is 28.5 Å². The summed E-state index contributed by atoms with van der Waals surface area (Å²) in [6.45, 7) is 1.48. The van der Waals surface area contributed by atoms with Crippen LogP contribution in [0.15, 0.2) is 41.6 Å². The Labute approximate surface area is 146 Å². The van der Waals surface area contributed by atoms with Crippen LogP contribution in [0.5, 0.6) is 0 Å². The van der Waals surface area contributed by atoms with Gasteiger partial charge in [-0.05, 0) is 24.3 Å². The van der Waals surface area contributed by atoms with Crippen molar-refractivity contribution in [2.75, 3.05) is 5.75 Å². The number of rotatable bonds is 3. The maximum atomic E-state index is 12.9. The van der Waals surface area contributed by atoms with Gasteiger partial charge in [-0.15, -0.1) is 0 Å². The molecule has 0 N–H and O–H groups in total. The number of fused-ring (bicyclic) bond motifs is 1. The molecule has 10 heteroatoms. The molecular weight excluding hydrogens is 379 g/mol. The highest BCUT2D eigenvalue weighted by atomic mass is 35.5. The Balaban J connectivity index is 2.27. The second-order valence-corrected chi connectivity index (χ2v) is 7.75. The van der Waals surface area contributed by atoms with Gasteiger partial charge in [0.2, 0.25) is 0 Å². The van der Waals surface area contributed by atoms with Crippen molar-refractivity contribution in [1.82, 2.24) is 14.4 Å². The Kier molecular flexibility index (Phi) is 4.24. The Morgan fingerprint density at radius 2 is 1.92 bits per heavy atom. The summed E-state index contributed by atoms with van der Waals surface area (Å²) in [7, 11) is -3.61. The topological polar surface area (TPSA) is 64.3 Å². The van der Waals surface area contributed by atoms with Crippen molar-refractivity contribution in [1.29, 1.82) is 0 Å². The monoisotopic (exact) mass is 389 g/mol. The molecule has 3 heterocycles. The lowest BCUT2D eigenvalue weighted by Crippen LogP contribution is -2.07. The van der Waals surface area contributed by atoms with Gasteiger partial charge in [0.15, 0.2) is 9.84 Å². The molecule has 0 aliphatic carbocycles. The number of nitrogens with zero attached hydrogens (tertiary/aromatic N) is 3. The minimum atomic E-state index is -4.54. The fourth-order valence-corrected chi connectivity index (χ4v) is 3.62. The van der Waals surface area contributed by atoms with E-state index < -0.39 is 21.6 Å². The summed E-state index contributed by atoms with van der Waals surface area (Å²) in [6, 6.07) is 4.86. The summed E-state index contributed by atoms with van der Waals surface area (Å²) < 4.78 is 64.2. The zero-order valence-corrected chi connectivity index (χ0v) is 14.3. The van der Waals surface area contributed by atoms with Crippen LogP contribution in [0.4, 0.5) is 13.2 Å². The van der Waals surface area contributed by atoms with Crippen molar-refractivity contribution < 1.29 is 21.6 Å². The number of hydrogen-bond donors (Lipinski definition) is 0. The Morgan fingerprint density at radius 3 is 2.56 bits per heavy atom. The molecule has 132 valence electrons.